The summed E-state index contributed by atoms with van der Waals surface area (Å²) < 4.78 is 11.3. The van der Waals surface area contributed by atoms with E-state index in [-0.39, 0.29) is 11.9 Å². The highest BCUT2D eigenvalue weighted by molar-refractivity contribution is 6.22. The van der Waals surface area contributed by atoms with Gasteiger partial charge in [0.05, 0.1) is 5.69 Å². The lowest BCUT2D eigenvalue weighted by Crippen LogP contribution is -2.44. The molecular formula is C28H23N3O4. The number of fused-ring (bicyclic) bond motifs is 5. The van der Waals surface area contributed by atoms with Crippen molar-refractivity contribution in [1.82, 2.24) is 9.88 Å². The van der Waals surface area contributed by atoms with Crippen molar-refractivity contribution in [2.45, 2.75) is 25.4 Å². The van der Waals surface area contributed by atoms with Crippen molar-refractivity contribution in [2.75, 3.05) is 18.1 Å². The summed E-state index contributed by atoms with van der Waals surface area (Å²) in [6.45, 7) is 2.95. The molecule has 35 heavy (non-hydrogen) atoms. The Kier molecular flexibility index (Phi) is 4.24. The molecule has 1 N–H and O–H groups in total. The summed E-state index contributed by atoms with van der Waals surface area (Å²) in [6.07, 6.45) is 0.466. The topological polar surface area (TPSA) is 74.9 Å². The molecule has 0 bridgehead atoms. The maximum absolute atomic E-state index is 13.9. The third-order valence-electron chi connectivity index (χ3n) is 7.23. The second-order valence-electron chi connectivity index (χ2n) is 9.29. The molecular weight excluding hydrogens is 442 g/mol. The van der Waals surface area contributed by atoms with Crippen molar-refractivity contribution in [2.24, 2.45) is 0 Å². The number of aryl methyl sites for hydroxylation is 1. The monoisotopic (exact) mass is 465 g/mol. The van der Waals surface area contributed by atoms with Gasteiger partial charge in [0.1, 0.15) is 25.3 Å². The number of urea groups is 1. The number of benzene rings is 3. The molecule has 0 saturated carbocycles. The van der Waals surface area contributed by atoms with Gasteiger partial charge in [-0.25, -0.2) is 9.69 Å². The lowest BCUT2D eigenvalue weighted by Gasteiger charge is -2.36. The molecule has 0 spiro atoms. The fraction of sp³-hybridized carbons (Fsp3) is 0.214. The van der Waals surface area contributed by atoms with E-state index in [1.807, 2.05) is 49.4 Å². The second kappa shape index (κ2) is 7.37. The predicted molar refractivity (Wildman–Crippen MR) is 131 cm³/mol. The predicted octanol–water partition coefficient (Wildman–Crippen LogP) is 4.73. The first kappa shape index (κ1) is 20.1. The minimum absolute atomic E-state index is 0.222. The Morgan fingerprint density at radius 1 is 0.914 bits per heavy atom. The molecule has 4 heterocycles. The van der Waals surface area contributed by atoms with Crippen LogP contribution in [0.1, 0.15) is 28.4 Å². The molecule has 3 aromatic carbocycles. The summed E-state index contributed by atoms with van der Waals surface area (Å²) in [5.41, 5.74) is 5.68. The number of para-hydroxylation sites is 1. The number of carbonyl (C=O) groups excluding carboxylic acids is 2. The number of aromatic amines is 1. The van der Waals surface area contributed by atoms with Gasteiger partial charge in [0.2, 0.25) is 0 Å². The van der Waals surface area contributed by atoms with Crippen LogP contribution in [0.15, 0.2) is 66.7 Å². The summed E-state index contributed by atoms with van der Waals surface area (Å²) in [5, 5.41) is 1.09. The summed E-state index contributed by atoms with van der Waals surface area (Å²) in [5.74, 6) is 0.945. The van der Waals surface area contributed by atoms with Gasteiger partial charge in [0, 0.05) is 29.1 Å². The average molecular weight is 466 g/mol. The van der Waals surface area contributed by atoms with Crippen LogP contribution in [0.3, 0.4) is 0 Å². The van der Waals surface area contributed by atoms with Gasteiger partial charge in [0.15, 0.2) is 11.5 Å². The van der Waals surface area contributed by atoms with Crippen LogP contribution in [0, 0.1) is 6.92 Å². The lowest BCUT2D eigenvalue weighted by atomic mass is 9.88. The number of nitrogens with one attached hydrogen (secondary N) is 1. The normalized spacial score (nSPS) is 20.8. The van der Waals surface area contributed by atoms with Crippen molar-refractivity contribution in [3.05, 3.63) is 89.1 Å². The van der Waals surface area contributed by atoms with Crippen molar-refractivity contribution in [3.8, 4) is 11.5 Å². The molecule has 174 valence electrons. The van der Waals surface area contributed by atoms with E-state index >= 15 is 0 Å². The first-order valence-electron chi connectivity index (χ1n) is 11.8. The Morgan fingerprint density at radius 2 is 1.69 bits per heavy atom. The highest BCUT2D eigenvalue weighted by Gasteiger charge is 2.53. The molecule has 2 atom stereocenters. The Bertz CT molecular complexity index is 1510. The molecule has 7 heteroatoms. The Morgan fingerprint density at radius 3 is 2.51 bits per heavy atom. The van der Waals surface area contributed by atoms with Gasteiger partial charge >= 0.3 is 6.03 Å². The van der Waals surface area contributed by atoms with Crippen LogP contribution >= 0.6 is 0 Å². The van der Waals surface area contributed by atoms with Gasteiger partial charge < -0.3 is 14.5 Å². The molecule has 3 aliphatic rings. The SMILES string of the molecule is Cc1ccc(C2c3[nH]c4ccccc4c3C[C@@H]3C(=O)N(c4ccc5c(c4)OCCO5)C(=O)N23)cc1. The smallest absolute Gasteiger partial charge is 0.332 e. The Balaban J connectivity index is 1.37. The van der Waals surface area contributed by atoms with Gasteiger partial charge in [-0.2, -0.15) is 0 Å². The number of rotatable bonds is 2. The van der Waals surface area contributed by atoms with Crippen LogP contribution in [0.2, 0.25) is 0 Å². The largest absolute Gasteiger partial charge is 0.486 e. The molecule has 0 radical (unpaired) electrons. The van der Waals surface area contributed by atoms with E-state index in [9.17, 15) is 9.59 Å². The van der Waals surface area contributed by atoms with E-state index in [0.717, 1.165) is 33.3 Å². The van der Waals surface area contributed by atoms with E-state index in [4.69, 9.17) is 9.47 Å². The van der Waals surface area contributed by atoms with Crippen LogP contribution in [0.25, 0.3) is 10.9 Å². The number of hydrogen-bond acceptors (Lipinski definition) is 4. The zero-order valence-corrected chi connectivity index (χ0v) is 19.2. The number of H-pyrrole nitrogens is 1. The number of carbonyl (C=O) groups is 2. The molecule has 1 saturated heterocycles. The maximum Gasteiger partial charge on any atom is 0.332 e. The molecule has 3 aliphatic heterocycles. The summed E-state index contributed by atoms with van der Waals surface area (Å²) in [6, 6.07) is 20.2. The van der Waals surface area contributed by atoms with Crippen molar-refractivity contribution in [1.29, 1.82) is 0 Å². The number of aromatic nitrogens is 1. The minimum atomic E-state index is -0.589. The van der Waals surface area contributed by atoms with E-state index in [0.29, 0.717) is 36.8 Å². The summed E-state index contributed by atoms with van der Waals surface area (Å²) in [4.78, 5) is 34.3. The summed E-state index contributed by atoms with van der Waals surface area (Å²) >= 11 is 0. The van der Waals surface area contributed by atoms with Gasteiger partial charge in [-0.1, -0.05) is 48.0 Å². The standard InChI is InChI=1S/C28H23N3O4/c1-16-6-8-17(9-7-16)26-25-20(19-4-2-3-5-21(19)29-25)15-22-27(32)30(28(33)31(22)26)18-10-11-23-24(14-18)35-13-12-34-23/h2-11,14,22,26,29H,12-13,15H2,1H3/t22-,26?/m1/s1. The third kappa shape index (κ3) is 2.91. The molecule has 4 aromatic rings. The number of amides is 3. The lowest BCUT2D eigenvalue weighted by molar-refractivity contribution is -0.120. The zero-order valence-electron chi connectivity index (χ0n) is 19.2. The molecule has 1 unspecified atom stereocenters. The highest BCUT2D eigenvalue weighted by atomic mass is 16.6. The Hall–Kier alpha value is -4.26. The number of hydrogen-bond donors (Lipinski definition) is 1. The van der Waals surface area contributed by atoms with E-state index in [1.54, 1.807) is 23.1 Å². The van der Waals surface area contributed by atoms with Gasteiger partial charge in [-0.3, -0.25) is 9.69 Å². The number of ether oxygens (including phenoxy) is 2. The van der Waals surface area contributed by atoms with Gasteiger partial charge in [0.25, 0.3) is 5.91 Å². The summed E-state index contributed by atoms with van der Waals surface area (Å²) in [7, 11) is 0. The number of anilines is 1. The molecule has 1 fully saturated rings. The fourth-order valence-corrected chi connectivity index (χ4v) is 5.58. The highest BCUT2D eigenvalue weighted by Crippen LogP contribution is 2.45. The van der Waals surface area contributed by atoms with E-state index in [2.05, 4.69) is 11.1 Å². The van der Waals surface area contributed by atoms with E-state index in [1.165, 1.54) is 4.90 Å². The maximum atomic E-state index is 13.9. The average Bonchev–Trinajstić information content (AvgIpc) is 3.38. The van der Waals surface area contributed by atoms with Crippen LogP contribution in [0.5, 0.6) is 11.5 Å². The van der Waals surface area contributed by atoms with Crippen LogP contribution in [-0.2, 0) is 11.2 Å². The van der Waals surface area contributed by atoms with Crippen LogP contribution in [0.4, 0.5) is 10.5 Å². The zero-order chi connectivity index (χ0) is 23.7. The van der Waals surface area contributed by atoms with Gasteiger partial charge in [-0.15, -0.1) is 0 Å². The molecule has 7 rings (SSSR count). The van der Waals surface area contributed by atoms with Crippen LogP contribution < -0.4 is 14.4 Å². The van der Waals surface area contributed by atoms with Crippen molar-refractivity contribution in [3.63, 3.8) is 0 Å². The molecule has 7 nitrogen and oxygen atoms in total. The van der Waals surface area contributed by atoms with E-state index < -0.39 is 12.1 Å². The van der Waals surface area contributed by atoms with Crippen LogP contribution in [-0.4, -0.2) is 41.1 Å². The Labute approximate surface area is 201 Å². The number of imide groups is 1. The molecule has 3 amide bonds. The number of nitrogens with zero attached hydrogens (tertiary/aromatic N) is 2. The van der Waals surface area contributed by atoms with Gasteiger partial charge in [-0.05, 0) is 36.2 Å². The first-order chi connectivity index (χ1) is 17.1. The third-order valence-corrected chi connectivity index (χ3v) is 7.23. The van der Waals surface area contributed by atoms with Crippen molar-refractivity contribution < 1.29 is 19.1 Å². The minimum Gasteiger partial charge on any atom is -0.486 e. The molecule has 1 aromatic heterocycles. The second-order valence-corrected chi connectivity index (χ2v) is 9.29. The molecule has 0 aliphatic carbocycles. The first-order valence-corrected chi connectivity index (χ1v) is 11.8. The quantitative estimate of drug-likeness (QED) is 0.435. The fourth-order valence-electron chi connectivity index (χ4n) is 5.58. The van der Waals surface area contributed by atoms with Crippen molar-refractivity contribution >= 4 is 28.5 Å².